The third-order valence-electron chi connectivity index (χ3n) is 3.88. The highest BCUT2D eigenvalue weighted by molar-refractivity contribution is 5.47. The van der Waals surface area contributed by atoms with Gasteiger partial charge in [0, 0.05) is 37.0 Å². The lowest BCUT2D eigenvalue weighted by atomic mass is 9.89. The van der Waals surface area contributed by atoms with Gasteiger partial charge in [0.25, 0.3) is 5.69 Å². The molecule has 1 fully saturated rings. The molecule has 0 bridgehead atoms. The van der Waals surface area contributed by atoms with Crippen LogP contribution in [-0.4, -0.2) is 38.6 Å². The maximum absolute atomic E-state index is 11.1. The number of aliphatic hydroxyl groups is 1. The van der Waals surface area contributed by atoms with Gasteiger partial charge in [0.15, 0.2) is 0 Å². The summed E-state index contributed by atoms with van der Waals surface area (Å²) in [5.74, 6) is 0. The molecule has 0 aliphatic carbocycles. The van der Waals surface area contributed by atoms with Crippen LogP contribution >= 0.6 is 0 Å². The second-order valence-corrected chi connectivity index (χ2v) is 5.74. The summed E-state index contributed by atoms with van der Waals surface area (Å²) in [4.78, 5) is 17.1. The number of rotatable bonds is 5. The summed E-state index contributed by atoms with van der Waals surface area (Å²) in [5, 5.41) is 21.2. The van der Waals surface area contributed by atoms with E-state index in [1.54, 1.807) is 20.0 Å². The molecule has 0 saturated carbocycles. The molecular weight excluding hydrogens is 258 g/mol. The van der Waals surface area contributed by atoms with Crippen molar-refractivity contribution in [3.63, 3.8) is 0 Å². The molecule has 1 aromatic heterocycles. The van der Waals surface area contributed by atoms with E-state index in [0.29, 0.717) is 30.8 Å². The second-order valence-electron chi connectivity index (χ2n) is 5.74. The topological polar surface area (TPSA) is 79.5 Å². The van der Waals surface area contributed by atoms with E-state index in [9.17, 15) is 15.2 Å². The van der Waals surface area contributed by atoms with Gasteiger partial charge in [0.05, 0.1) is 16.2 Å². The Labute approximate surface area is 118 Å². The summed E-state index contributed by atoms with van der Waals surface area (Å²) in [7, 11) is 0. The third kappa shape index (κ3) is 2.81. The largest absolute Gasteiger partial charge is 0.387 e. The van der Waals surface area contributed by atoms with Gasteiger partial charge in [-0.05, 0) is 20.3 Å². The van der Waals surface area contributed by atoms with Crippen LogP contribution in [-0.2, 0) is 6.54 Å². The first-order valence-electron chi connectivity index (χ1n) is 6.90. The van der Waals surface area contributed by atoms with Gasteiger partial charge >= 0.3 is 0 Å². The molecule has 110 valence electrons. The van der Waals surface area contributed by atoms with Crippen molar-refractivity contribution in [3.05, 3.63) is 33.1 Å². The first-order valence-corrected chi connectivity index (χ1v) is 6.90. The van der Waals surface area contributed by atoms with Crippen molar-refractivity contribution >= 4 is 5.69 Å². The zero-order valence-electron chi connectivity index (χ0n) is 12.2. The second kappa shape index (κ2) is 5.46. The van der Waals surface area contributed by atoms with Crippen LogP contribution in [0.2, 0.25) is 0 Å². The highest BCUT2D eigenvalue weighted by Crippen LogP contribution is 2.29. The fraction of sp³-hybridized carbons (Fsp3) is 0.643. The predicted molar refractivity (Wildman–Crippen MR) is 75.5 cm³/mol. The van der Waals surface area contributed by atoms with Crippen molar-refractivity contribution in [2.45, 2.75) is 45.8 Å². The van der Waals surface area contributed by atoms with E-state index >= 15 is 0 Å². The first kappa shape index (κ1) is 14.9. The van der Waals surface area contributed by atoms with Crippen molar-refractivity contribution in [2.24, 2.45) is 0 Å². The molecular formula is C14H21N3O3. The Balaban J connectivity index is 2.09. The van der Waals surface area contributed by atoms with Crippen molar-refractivity contribution < 1.29 is 10.0 Å². The SMILES string of the molecule is CCCC1(O)CN(Cc2ncc(C)c([N+](=O)[O-])c2C)C1. The summed E-state index contributed by atoms with van der Waals surface area (Å²) in [6, 6.07) is 0. The van der Waals surface area contributed by atoms with E-state index in [0.717, 1.165) is 18.5 Å². The van der Waals surface area contributed by atoms with E-state index in [-0.39, 0.29) is 10.6 Å². The van der Waals surface area contributed by atoms with Crippen LogP contribution in [0.1, 0.15) is 36.6 Å². The quantitative estimate of drug-likeness (QED) is 0.658. The Hall–Kier alpha value is -1.53. The number of hydrogen-bond acceptors (Lipinski definition) is 5. The van der Waals surface area contributed by atoms with E-state index in [2.05, 4.69) is 16.8 Å². The molecule has 1 aliphatic heterocycles. The minimum absolute atomic E-state index is 0.152. The van der Waals surface area contributed by atoms with Crippen LogP contribution in [0.3, 0.4) is 0 Å². The Morgan fingerprint density at radius 1 is 1.50 bits per heavy atom. The third-order valence-corrected chi connectivity index (χ3v) is 3.88. The minimum atomic E-state index is -0.584. The van der Waals surface area contributed by atoms with Crippen LogP contribution in [0, 0.1) is 24.0 Å². The van der Waals surface area contributed by atoms with Crippen LogP contribution in [0.15, 0.2) is 6.20 Å². The average molecular weight is 279 g/mol. The van der Waals surface area contributed by atoms with Gasteiger partial charge in [-0.15, -0.1) is 0 Å². The van der Waals surface area contributed by atoms with E-state index in [4.69, 9.17) is 0 Å². The molecule has 20 heavy (non-hydrogen) atoms. The zero-order chi connectivity index (χ0) is 14.9. The van der Waals surface area contributed by atoms with Gasteiger partial charge in [0.1, 0.15) is 0 Å². The van der Waals surface area contributed by atoms with E-state index in [1.165, 1.54) is 0 Å². The smallest absolute Gasteiger partial charge is 0.278 e. The Bertz CT molecular complexity index is 525. The molecule has 6 heteroatoms. The molecule has 1 aromatic rings. The molecule has 2 heterocycles. The predicted octanol–water partition coefficient (Wildman–Crippen LogP) is 1.95. The number of β-amino-alcohol motifs (C(OH)–C–C–N with tert-alkyl or cyclic N) is 1. The van der Waals surface area contributed by atoms with E-state index < -0.39 is 5.60 Å². The molecule has 6 nitrogen and oxygen atoms in total. The number of pyridine rings is 1. The van der Waals surface area contributed by atoms with Crippen molar-refractivity contribution in [3.8, 4) is 0 Å². The average Bonchev–Trinajstić information content (AvgIpc) is 2.30. The highest BCUT2D eigenvalue weighted by atomic mass is 16.6. The van der Waals surface area contributed by atoms with Gasteiger partial charge in [-0.2, -0.15) is 0 Å². The van der Waals surface area contributed by atoms with Gasteiger partial charge in [0.2, 0.25) is 0 Å². The van der Waals surface area contributed by atoms with Crippen LogP contribution in [0.5, 0.6) is 0 Å². The molecule has 1 N–H and O–H groups in total. The van der Waals surface area contributed by atoms with Crippen LogP contribution in [0.4, 0.5) is 5.69 Å². The molecule has 0 unspecified atom stereocenters. The number of hydrogen-bond donors (Lipinski definition) is 1. The molecule has 1 saturated heterocycles. The normalized spacial score (nSPS) is 17.8. The van der Waals surface area contributed by atoms with Crippen LogP contribution in [0.25, 0.3) is 0 Å². The lowest BCUT2D eigenvalue weighted by molar-refractivity contribution is -0.386. The van der Waals surface area contributed by atoms with Crippen LogP contribution < -0.4 is 0 Å². The number of aromatic nitrogens is 1. The van der Waals surface area contributed by atoms with Crippen molar-refractivity contribution in [2.75, 3.05) is 13.1 Å². The molecule has 0 amide bonds. The maximum atomic E-state index is 11.1. The van der Waals surface area contributed by atoms with E-state index in [1.807, 2.05) is 0 Å². The number of nitrogens with zero attached hydrogens (tertiary/aromatic N) is 3. The van der Waals surface area contributed by atoms with Crippen molar-refractivity contribution in [1.82, 2.24) is 9.88 Å². The maximum Gasteiger partial charge on any atom is 0.278 e. The number of aryl methyl sites for hydroxylation is 1. The molecule has 1 aliphatic rings. The highest BCUT2D eigenvalue weighted by Gasteiger charge is 2.40. The van der Waals surface area contributed by atoms with Gasteiger partial charge < -0.3 is 5.11 Å². The Morgan fingerprint density at radius 3 is 2.70 bits per heavy atom. The molecule has 2 rings (SSSR count). The summed E-state index contributed by atoms with van der Waals surface area (Å²) in [5.41, 5.74) is 1.50. The minimum Gasteiger partial charge on any atom is -0.387 e. The summed E-state index contributed by atoms with van der Waals surface area (Å²) < 4.78 is 0. The standard InChI is InChI=1S/C14H21N3O3/c1-4-5-14(18)8-16(9-14)7-12-11(3)13(17(19)20)10(2)6-15-12/h6,18H,4-5,7-9H2,1-3H3. The van der Waals surface area contributed by atoms with Gasteiger partial charge in [-0.25, -0.2) is 0 Å². The summed E-state index contributed by atoms with van der Waals surface area (Å²) in [6.07, 6.45) is 3.31. The zero-order valence-corrected chi connectivity index (χ0v) is 12.2. The first-order chi connectivity index (χ1) is 9.36. The number of nitro groups is 1. The van der Waals surface area contributed by atoms with Gasteiger partial charge in [-0.1, -0.05) is 13.3 Å². The Kier molecular flexibility index (Phi) is 4.06. The molecule has 0 spiro atoms. The molecule has 0 radical (unpaired) electrons. The lowest BCUT2D eigenvalue weighted by Crippen LogP contribution is -2.61. The lowest BCUT2D eigenvalue weighted by Gasteiger charge is -2.46. The van der Waals surface area contributed by atoms with Crippen molar-refractivity contribution in [1.29, 1.82) is 0 Å². The fourth-order valence-electron chi connectivity index (χ4n) is 2.94. The summed E-state index contributed by atoms with van der Waals surface area (Å²) >= 11 is 0. The molecule has 0 aromatic carbocycles. The summed E-state index contributed by atoms with van der Waals surface area (Å²) in [6.45, 7) is 7.28. The number of likely N-dealkylation sites (tertiary alicyclic amines) is 1. The fourth-order valence-corrected chi connectivity index (χ4v) is 2.94. The Morgan fingerprint density at radius 2 is 2.15 bits per heavy atom. The van der Waals surface area contributed by atoms with Gasteiger partial charge in [-0.3, -0.25) is 20.0 Å². The molecule has 0 atom stereocenters. The monoisotopic (exact) mass is 279 g/mol.